The SMILES string of the molecule is Cc1ccncc1NC(=O)C=Cc1ccc2c(c1)OCO2. The number of hydrogen-bond acceptors (Lipinski definition) is 4. The van der Waals surface area contributed by atoms with Gasteiger partial charge in [0.15, 0.2) is 11.5 Å². The average molecular weight is 282 g/mol. The van der Waals surface area contributed by atoms with Gasteiger partial charge in [-0.1, -0.05) is 6.07 Å². The molecule has 0 bridgehead atoms. The number of pyridine rings is 1. The number of rotatable bonds is 3. The first kappa shape index (κ1) is 13.2. The third-order valence-corrected chi connectivity index (χ3v) is 3.12. The first-order valence-electron chi connectivity index (χ1n) is 6.52. The van der Waals surface area contributed by atoms with Crippen LogP contribution in [0.4, 0.5) is 5.69 Å². The van der Waals surface area contributed by atoms with Crippen molar-refractivity contribution in [2.24, 2.45) is 0 Å². The van der Waals surface area contributed by atoms with Crippen molar-refractivity contribution >= 4 is 17.7 Å². The summed E-state index contributed by atoms with van der Waals surface area (Å²) in [5.41, 5.74) is 2.55. The average Bonchev–Trinajstić information content (AvgIpc) is 2.95. The van der Waals surface area contributed by atoms with E-state index in [1.165, 1.54) is 6.08 Å². The number of carbonyl (C=O) groups excluding carboxylic acids is 1. The lowest BCUT2D eigenvalue weighted by atomic mass is 10.2. The van der Waals surface area contributed by atoms with E-state index in [1.807, 2.05) is 31.2 Å². The molecule has 1 aliphatic heterocycles. The molecule has 2 aromatic rings. The first-order valence-corrected chi connectivity index (χ1v) is 6.52. The number of amides is 1. The zero-order chi connectivity index (χ0) is 14.7. The van der Waals surface area contributed by atoms with Crippen molar-refractivity contribution in [3.05, 3.63) is 53.9 Å². The summed E-state index contributed by atoms with van der Waals surface area (Å²) in [6.45, 7) is 2.15. The predicted molar refractivity (Wildman–Crippen MR) is 79.2 cm³/mol. The van der Waals surface area contributed by atoms with Crippen LogP contribution in [0.3, 0.4) is 0 Å². The fourth-order valence-electron chi connectivity index (χ4n) is 1.96. The summed E-state index contributed by atoms with van der Waals surface area (Å²) in [6.07, 6.45) is 6.52. The summed E-state index contributed by atoms with van der Waals surface area (Å²) < 4.78 is 10.5. The molecule has 0 saturated heterocycles. The molecule has 1 aliphatic rings. The van der Waals surface area contributed by atoms with Gasteiger partial charge in [-0.25, -0.2) is 0 Å². The summed E-state index contributed by atoms with van der Waals surface area (Å²) in [4.78, 5) is 15.9. The molecule has 3 rings (SSSR count). The van der Waals surface area contributed by atoms with Gasteiger partial charge in [0.1, 0.15) is 0 Å². The molecule has 0 saturated carbocycles. The van der Waals surface area contributed by atoms with Crippen molar-refractivity contribution < 1.29 is 14.3 Å². The molecule has 1 amide bonds. The van der Waals surface area contributed by atoms with Crippen molar-refractivity contribution in [3.8, 4) is 11.5 Å². The van der Waals surface area contributed by atoms with Gasteiger partial charge in [-0.3, -0.25) is 9.78 Å². The Labute approximate surface area is 122 Å². The van der Waals surface area contributed by atoms with E-state index >= 15 is 0 Å². The Morgan fingerprint density at radius 1 is 1.29 bits per heavy atom. The standard InChI is InChI=1S/C16H14N2O3/c1-11-6-7-17-9-13(11)18-16(19)5-3-12-2-4-14-15(8-12)21-10-20-14/h2-9H,10H2,1H3,(H,18,19). The monoisotopic (exact) mass is 282 g/mol. The van der Waals surface area contributed by atoms with Gasteiger partial charge in [0.25, 0.3) is 0 Å². The van der Waals surface area contributed by atoms with Gasteiger partial charge in [0, 0.05) is 12.3 Å². The molecule has 5 heteroatoms. The number of anilines is 1. The smallest absolute Gasteiger partial charge is 0.248 e. The third-order valence-electron chi connectivity index (χ3n) is 3.12. The van der Waals surface area contributed by atoms with Gasteiger partial charge in [-0.2, -0.15) is 0 Å². The fourth-order valence-corrected chi connectivity index (χ4v) is 1.96. The highest BCUT2D eigenvalue weighted by Crippen LogP contribution is 2.32. The van der Waals surface area contributed by atoms with Gasteiger partial charge in [0.05, 0.1) is 11.9 Å². The van der Waals surface area contributed by atoms with Gasteiger partial charge in [0.2, 0.25) is 12.7 Å². The van der Waals surface area contributed by atoms with Crippen LogP contribution in [0.25, 0.3) is 6.08 Å². The number of nitrogens with one attached hydrogen (secondary N) is 1. The van der Waals surface area contributed by atoms with Crippen molar-refractivity contribution in [1.82, 2.24) is 4.98 Å². The van der Waals surface area contributed by atoms with E-state index in [9.17, 15) is 4.79 Å². The number of fused-ring (bicyclic) bond motifs is 1. The van der Waals surface area contributed by atoms with Crippen LogP contribution in [0.5, 0.6) is 11.5 Å². The van der Waals surface area contributed by atoms with Gasteiger partial charge in [-0.05, 0) is 42.3 Å². The van der Waals surface area contributed by atoms with E-state index in [0.717, 1.165) is 16.9 Å². The van der Waals surface area contributed by atoms with E-state index in [2.05, 4.69) is 10.3 Å². The normalized spacial score (nSPS) is 12.6. The maximum absolute atomic E-state index is 11.9. The van der Waals surface area contributed by atoms with Crippen molar-refractivity contribution in [3.63, 3.8) is 0 Å². The van der Waals surface area contributed by atoms with Crippen molar-refractivity contribution in [2.45, 2.75) is 6.92 Å². The van der Waals surface area contributed by atoms with Crippen LogP contribution in [0.15, 0.2) is 42.7 Å². The van der Waals surface area contributed by atoms with Crippen molar-refractivity contribution in [2.75, 3.05) is 12.1 Å². The lowest BCUT2D eigenvalue weighted by Crippen LogP contribution is -2.09. The summed E-state index contributed by atoms with van der Waals surface area (Å²) in [5, 5.41) is 2.79. The molecule has 1 aromatic heterocycles. The summed E-state index contributed by atoms with van der Waals surface area (Å²) in [5.74, 6) is 1.21. The second-order valence-corrected chi connectivity index (χ2v) is 4.63. The van der Waals surface area contributed by atoms with Crippen LogP contribution >= 0.6 is 0 Å². The molecule has 106 valence electrons. The fraction of sp³-hybridized carbons (Fsp3) is 0.125. The van der Waals surface area contributed by atoms with Crippen LogP contribution in [0.2, 0.25) is 0 Å². The second-order valence-electron chi connectivity index (χ2n) is 4.63. The van der Waals surface area contributed by atoms with E-state index in [4.69, 9.17) is 9.47 Å². The van der Waals surface area contributed by atoms with E-state index in [1.54, 1.807) is 18.5 Å². The van der Waals surface area contributed by atoms with Crippen LogP contribution in [-0.4, -0.2) is 17.7 Å². The Kier molecular flexibility index (Phi) is 3.55. The van der Waals surface area contributed by atoms with E-state index < -0.39 is 0 Å². The maximum Gasteiger partial charge on any atom is 0.248 e. The minimum atomic E-state index is -0.205. The molecule has 0 aliphatic carbocycles. The molecule has 1 N–H and O–H groups in total. The number of aryl methyl sites for hydroxylation is 1. The number of hydrogen-bond donors (Lipinski definition) is 1. The molecule has 0 atom stereocenters. The van der Waals surface area contributed by atoms with Gasteiger partial charge in [-0.15, -0.1) is 0 Å². The second kappa shape index (κ2) is 5.66. The Morgan fingerprint density at radius 2 is 2.14 bits per heavy atom. The van der Waals surface area contributed by atoms with E-state index in [0.29, 0.717) is 11.4 Å². The quantitative estimate of drug-likeness (QED) is 0.879. The minimum absolute atomic E-state index is 0.205. The Morgan fingerprint density at radius 3 is 3.00 bits per heavy atom. The Bertz CT molecular complexity index is 710. The number of nitrogens with zero attached hydrogens (tertiary/aromatic N) is 1. The van der Waals surface area contributed by atoms with Gasteiger partial charge >= 0.3 is 0 Å². The number of benzene rings is 1. The highest BCUT2D eigenvalue weighted by atomic mass is 16.7. The zero-order valence-electron chi connectivity index (χ0n) is 11.5. The lowest BCUT2D eigenvalue weighted by molar-refractivity contribution is -0.111. The van der Waals surface area contributed by atoms with E-state index in [-0.39, 0.29) is 12.7 Å². The van der Waals surface area contributed by atoms with Gasteiger partial charge < -0.3 is 14.8 Å². The number of ether oxygens (including phenoxy) is 2. The van der Waals surface area contributed by atoms with Crippen LogP contribution in [-0.2, 0) is 4.79 Å². The largest absolute Gasteiger partial charge is 0.454 e. The first-order chi connectivity index (χ1) is 10.2. The predicted octanol–water partition coefficient (Wildman–Crippen LogP) is 2.77. The molecule has 0 radical (unpaired) electrons. The van der Waals surface area contributed by atoms with Crippen LogP contribution in [0.1, 0.15) is 11.1 Å². The summed E-state index contributed by atoms with van der Waals surface area (Å²) in [7, 11) is 0. The van der Waals surface area contributed by atoms with Crippen LogP contribution in [0, 0.1) is 6.92 Å². The Hall–Kier alpha value is -2.82. The molecule has 2 heterocycles. The molecule has 0 spiro atoms. The minimum Gasteiger partial charge on any atom is -0.454 e. The maximum atomic E-state index is 11.9. The third kappa shape index (κ3) is 3.02. The Balaban J connectivity index is 1.68. The molecule has 1 aromatic carbocycles. The molecule has 5 nitrogen and oxygen atoms in total. The summed E-state index contributed by atoms with van der Waals surface area (Å²) in [6, 6.07) is 7.37. The zero-order valence-corrected chi connectivity index (χ0v) is 11.5. The molecular formula is C16H14N2O3. The molecule has 0 unspecified atom stereocenters. The number of carbonyl (C=O) groups is 1. The molecule has 0 fully saturated rings. The molecular weight excluding hydrogens is 268 g/mol. The molecule has 21 heavy (non-hydrogen) atoms. The highest BCUT2D eigenvalue weighted by Gasteiger charge is 2.12. The van der Waals surface area contributed by atoms with Crippen LogP contribution < -0.4 is 14.8 Å². The lowest BCUT2D eigenvalue weighted by Gasteiger charge is -2.04. The van der Waals surface area contributed by atoms with Crippen molar-refractivity contribution in [1.29, 1.82) is 0 Å². The highest BCUT2D eigenvalue weighted by molar-refractivity contribution is 6.02. The summed E-state index contributed by atoms with van der Waals surface area (Å²) >= 11 is 0. The topological polar surface area (TPSA) is 60.5 Å². The number of aromatic nitrogens is 1.